The maximum atomic E-state index is 12.2. The maximum Gasteiger partial charge on any atom is 0.226 e. The van der Waals surface area contributed by atoms with Crippen molar-refractivity contribution < 1.29 is 18.7 Å². The first-order valence-corrected chi connectivity index (χ1v) is 10.5. The molecule has 3 heterocycles. The zero-order chi connectivity index (χ0) is 20.4. The minimum atomic E-state index is -0.212. The Morgan fingerprint density at radius 1 is 1.31 bits per heavy atom. The van der Waals surface area contributed by atoms with Gasteiger partial charge in [-0.05, 0) is 39.0 Å². The molecule has 1 aliphatic heterocycles. The molecular formula is C22H24N2O4S. The fourth-order valence-corrected chi connectivity index (χ4v) is 4.11. The first-order valence-electron chi connectivity index (χ1n) is 9.61. The minimum Gasteiger partial charge on any atom is -0.488 e. The van der Waals surface area contributed by atoms with Gasteiger partial charge in [-0.25, -0.2) is 4.98 Å². The van der Waals surface area contributed by atoms with Crippen LogP contribution in [0.4, 0.5) is 0 Å². The van der Waals surface area contributed by atoms with E-state index in [0.717, 1.165) is 45.7 Å². The fraction of sp³-hybridized carbons (Fsp3) is 0.364. The van der Waals surface area contributed by atoms with E-state index >= 15 is 0 Å². The van der Waals surface area contributed by atoms with Crippen molar-refractivity contribution in [3.8, 4) is 22.3 Å². The Bertz CT molecular complexity index is 1020. The summed E-state index contributed by atoms with van der Waals surface area (Å²) in [6.07, 6.45) is 1.09. The number of hydrogen-bond donors (Lipinski definition) is 1. The van der Waals surface area contributed by atoms with Gasteiger partial charge < -0.3 is 19.2 Å². The summed E-state index contributed by atoms with van der Waals surface area (Å²) in [5, 5.41) is 5.54. The number of benzene rings is 1. The van der Waals surface area contributed by atoms with Crippen molar-refractivity contribution in [3.63, 3.8) is 0 Å². The number of nitrogens with one attached hydrogen (secondary N) is 1. The van der Waals surface area contributed by atoms with E-state index in [2.05, 4.69) is 30.2 Å². The van der Waals surface area contributed by atoms with Crippen LogP contribution in [-0.4, -0.2) is 29.6 Å². The van der Waals surface area contributed by atoms with Gasteiger partial charge >= 0.3 is 0 Å². The van der Waals surface area contributed by atoms with Crippen LogP contribution in [-0.2, 0) is 17.6 Å². The molecule has 29 heavy (non-hydrogen) atoms. The van der Waals surface area contributed by atoms with Gasteiger partial charge in [0, 0.05) is 17.4 Å². The Labute approximate surface area is 173 Å². The van der Waals surface area contributed by atoms with Crippen LogP contribution >= 0.6 is 11.3 Å². The van der Waals surface area contributed by atoms with E-state index in [-0.39, 0.29) is 17.9 Å². The van der Waals surface area contributed by atoms with Gasteiger partial charge in [0.1, 0.15) is 18.0 Å². The summed E-state index contributed by atoms with van der Waals surface area (Å²) in [5.74, 6) is 3.02. The number of nitrogens with zero attached hydrogens (tertiary/aromatic N) is 1. The standard InChI is InChI=1S/C22H24N2O4S/c1-14-7-8-18(27-14)21-24-16(13-29-21)11-19(25)23-9-10-26-17-6-4-5-15-12-22(2,3)28-20(15)17/h4-8,13H,9-12H2,1-3H3,(H,23,25). The SMILES string of the molecule is Cc1ccc(-c2nc(CC(=O)NCCOc3cccc4c3OC(C)(C)C4)cs2)o1. The smallest absolute Gasteiger partial charge is 0.226 e. The van der Waals surface area contributed by atoms with Crippen LogP contribution in [0.15, 0.2) is 40.1 Å². The van der Waals surface area contributed by atoms with Crippen LogP contribution in [0, 0.1) is 6.92 Å². The monoisotopic (exact) mass is 412 g/mol. The zero-order valence-corrected chi connectivity index (χ0v) is 17.6. The largest absolute Gasteiger partial charge is 0.488 e. The molecule has 1 aromatic carbocycles. The van der Waals surface area contributed by atoms with Crippen LogP contribution in [0.2, 0.25) is 0 Å². The van der Waals surface area contributed by atoms with Crippen molar-refractivity contribution in [1.82, 2.24) is 10.3 Å². The third-order valence-electron chi connectivity index (χ3n) is 4.58. The highest BCUT2D eigenvalue weighted by atomic mass is 32.1. The quantitative estimate of drug-likeness (QED) is 0.590. The van der Waals surface area contributed by atoms with Gasteiger partial charge in [0.15, 0.2) is 22.3 Å². The molecule has 0 atom stereocenters. The maximum absolute atomic E-state index is 12.2. The normalized spacial score (nSPS) is 14.3. The first kappa shape index (κ1) is 19.5. The molecule has 0 radical (unpaired) electrons. The van der Waals surface area contributed by atoms with Gasteiger partial charge in [-0.3, -0.25) is 4.79 Å². The number of aromatic nitrogens is 1. The molecule has 0 saturated heterocycles. The molecule has 1 aliphatic rings. The molecule has 152 valence electrons. The average molecular weight is 413 g/mol. The van der Waals surface area contributed by atoms with Gasteiger partial charge in [0.05, 0.1) is 18.7 Å². The number of furan rings is 1. The minimum absolute atomic E-state index is 0.0863. The highest BCUT2D eigenvalue weighted by Crippen LogP contribution is 2.41. The highest BCUT2D eigenvalue weighted by Gasteiger charge is 2.32. The lowest BCUT2D eigenvalue weighted by Crippen LogP contribution is -2.29. The molecule has 2 aromatic heterocycles. The Morgan fingerprint density at radius 3 is 2.97 bits per heavy atom. The van der Waals surface area contributed by atoms with E-state index < -0.39 is 0 Å². The van der Waals surface area contributed by atoms with E-state index in [1.165, 1.54) is 11.3 Å². The lowest BCUT2D eigenvalue weighted by molar-refractivity contribution is -0.120. The summed E-state index contributed by atoms with van der Waals surface area (Å²) in [6.45, 7) is 6.81. The van der Waals surface area contributed by atoms with Crippen LogP contribution < -0.4 is 14.8 Å². The molecule has 0 unspecified atom stereocenters. The summed E-state index contributed by atoms with van der Waals surface area (Å²) in [5.41, 5.74) is 1.67. The lowest BCUT2D eigenvalue weighted by Gasteiger charge is -2.18. The Kier molecular flexibility index (Phi) is 5.32. The van der Waals surface area contributed by atoms with E-state index in [0.29, 0.717) is 13.2 Å². The molecule has 1 N–H and O–H groups in total. The van der Waals surface area contributed by atoms with E-state index in [4.69, 9.17) is 13.9 Å². The summed E-state index contributed by atoms with van der Waals surface area (Å²) in [7, 11) is 0. The molecule has 0 bridgehead atoms. The molecular weight excluding hydrogens is 388 g/mol. The van der Waals surface area contributed by atoms with Gasteiger partial charge in [-0.1, -0.05) is 12.1 Å². The Hall–Kier alpha value is -2.80. The molecule has 3 aromatic rings. The van der Waals surface area contributed by atoms with E-state index in [1.54, 1.807) is 0 Å². The number of fused-ring (bicyclic) bond motifs is 1. The number of thiazole rings is 1. The van der Waals surface area contributed by atoms with Crippen molar-refractivity contribution >= 4 is 17.2 Å². The van der Waals surface area contributed by atoms with Crippen LogP contribution in [0.1, 0.15) is 30.9 Å². The number of para-hydroxylation sites is 1. The van der Waals surface area contributed by atoms with Crippen LogP contribution in [0.3, 0.4) is 0 Å². The average Bonchev–Trinajstić information content (AvgIpc) is 3.36. The van der Waals surface area contributed by atoms with Gasteiger partial charge in [0.25, 0.3) is 0 Å². The number of hydrogen-bond acceptors (Lipinski definition) is 6. The number of rotatable bonds is 7. The van der Waals surface area contributed by atoms with Crippen molar-refractivity contribution in [1.29, 1.82) is 0 Å². The number of amides is 1. The van der Waals surface area contributed by atoms with Crippen LogP contribution in [0.25, 0.3) is 10.8 Å². The predicted molar refractivity (Wildman–Crippen MR) is 112 cm³/mol. The second kappa shape index (κ2) is 7.91. The van der Waals surface area contributed by atoms with E-state index in [1.807, 2.05) is 36.6 Å². The lowest BCUT2D eigenvalue weighted by atomic mass is 10.0. The Balaban J connectivity index is 1.25. The first-order chi connectivity index (χ1) is 13.9. The number of carbonyl (C=O) groups excluding carboxylic acids is 1. The highest BCUT2D eigenvalue weighted by molar-refractivity contribution is 7.13. The molecule has 7 heteroatoms. The number of aryl methyl sites for hydroxylation is 1. The van der Waals surface area contributed by atoms with Crippen LogP contribution in [0.5, 0.6) is 11.5 Å². The number of carbonyl (C=O) groups is 1. The second-order valence-electron chi connectivity index (χ2n) is 7.71. The number of ether oxygens (including phenoxy) is 2. The van der Waals surface area contributed by atoms with Gasteiger partial charge in [-0.15, -0.1) is 11.3 Å². The third kappa shape index (κ3) is 4.62. The third-order valence-corrected chi connectivity index (χ3v) is 5.49. The molecule has 4 rings (SSSR count). The molecule has 0 fully saturated rings. The topological polar surface area (TPSA) is 73.6 Å². The molecule has 0 spiro atoms. The van der Waals surface area contributed by atoms with Crippen molar-refractivity contribution in [2.24, 2.45) is 0 Å². The predicted octanol–water partition coefficient (Wildman–Crippen LogP) is 4.16. The van der Waals surface area contributed by atoms with Crippen molar-refractivity contribution in [2.75, 3.05) is 13.2 Å². The fourth-order valence-electron chi connectivity index (χ4n) is 3.33. The van der Waals surface area contributed by atoms with Gasteiger partial charge in [-0.2, -0.15) is 0 Å². The van der Waals surface area contributed by atoms with Crippen molar-refractivity contribution in [3.05, 3.63) is 52.7 Å². The zero-order valence-electron chi connectivity index (χ0n) is 16.8. The summed E-state index contributed by atoms with van der Waals surface area (Å²) in [6, 6.07) is 9.72. The second-order valence-corrected chi connectivity index (χ2v) is 8.57. The molecule has 1 amide bonds. The molecule has 6 nitrogen and oxygen atoms in total. The Morgan fingerprint density at radius 2 is 2.17 bits per heavy atom. The molecule has 0 aliphatic carbocycles. The summed E-state index contributed by atoms with van der Waals surface area (Å²) >= 11 is 1.47. The van der Waals surface area contributed by atoms with Crippen molar-refractivity contribution in [2.45, 2.75) is 39.2 Å². The summed E-state index contributed by atoms with van der Waals surface area (Å²) in [4.78, 5) is 16.7. The van der Waals surface area contributed by atoms with Gasteiger partial charge in [0.2, 0.25) is 5.91 Å². The molecule has 0 saturated carbocycles. The summed E-state index contributed by atoms with van der Waals surface area (Å²) < 4.78 is 17.4. The van der Waals surface area contributed by atoms with E-state index in [9.17, 15) is 4.79 Å².